The van der Waals surface area contributed by atoms with Crippen LogP contribution in [-0.2, 0) is 9.84 Å². The zero-order valence-corrected chi connectivity index (χ0v) is 9.00. The van der Waals surface area contributed by atoms with Crippen LogP contribution in [0.3, 0.4) is 0 Å². The van der Waals surface area contributed by atoms with Gasteiger partial charge in [0.25, 0.3) is 0 Å². The maximum absolute atomic E-state index is 11.7. The van der Waals surface area contributed by atoms with Crippen molar-refractivity contribution in [3.05, 3.63) is 24.3 Å². The molecule has 0 amide bonds. The molecule has 0 unspecified atom stereocenters. The second-order valence-corrected chi connectivity index (χ2v) is 5.26. The number of sulfone groups is 1. The number of hydrogen-bond donors (Lipinski definition) is 1. The highest BCUT2D eigenvalue weighted by molar-refractivity contribution is 7.91. The number of nitriles is 1. The molecule has 4 nitrogen and oxygen atoms in total. The van der Waals surface area contributed by atoms with Crippen molar-refractivity contribution in [3.8, 4) is 6.07 Å². The highest BCUT2D eigenvalue weighted by Crippen LogP contribution is 2.14. The van der Waals surface area contributed by atoms with E-state index in [4.69, 9.17) is 11.0 Å². The fraction of sp³-hybridized carbons (Fsp3) is 0.300. The molecule has 2 N–H and O–H groups in total. The topological polar surface area (TPSA) is 84.0 Å². The molecule has 0 saturated carbocycles. The van der Waals surface area contributed by atoms with E-state index in [1.165, 1.54) is 12.1 Å². The average molecular weight is 224 g/mol. The lowest BCUT2D eigenvalue weighted by molar-refractivity contribution is 0.594. The van der Waals surface area contributed by atoms with Crippen LogP contribution in [0.1, 0.15) is 12.8 Å². The molecule has 0 fully saturated rings. The Kier molecular flexibility index (Phi) is 3.69. The van der Waals surface area contributed by atoms with Gasteiger partial charge >= 0.3 is 0 Å². The SMILES string of the molecule is N#CCCCS(=O)(=O)c1ccc(N)cc1. The van der Waals surface area contributed by atoms with E-state index in [1.54, 1.807) is 12.1 Å². The smallest absolute Gasteiger partial charge is 0.178 e. The Morgan fingerprint density at radius 2 is 1.87 bits per heavy atom. The Bertz CT molecular complexity index is 457. The molecule has 0 atom stereocenters. The molecule has 0 heterocycles. The van der Waals surface area contributed by atoms with Gasteiger partial charge in [-0.3, -0.25) is 0 Å². The molecular formula is C10H12N2O2S. The predicted molar refractivity (Wildman–Crippen MR) is 57.8 cm³/mol. The summed E-state index contributed by atoms with van der Waals surface area (Å²) in [7, 11) is -3.26. The minimum atomic E-state index is -3.26. The minimum absolute atomic E-state index is 0.00444. The van der Waals surface area contributed by atoms with E-state index in [9.17, 15) is 8.42 Å². The lowest BCUT2D eigenvalue weighted by Crippen LogP contribution is -2.06. The van der Waals surface area contributed by atoms with Crippen molar-refractivity contribution in [2.75, 3.05) is 11.5 Å². The third-order valence-corrected chi connectivity index (χ3v) is 3.76. The first kappa shape index (κ1) is 11.5. The Morgan fingerprint density at radius 3 is 2.40 bits per heavy atom. The Balaban J connectivity index is 2.79. The first-order valence-corrected chi connectivity index (χ1v) is 6.17. The van der Waals surface area contributed by atoms with Crippen molar-refractivity contribution in [2.24, 2.45) is 0 Å². The van der Waals surface area contributed by atoms with Crippen LogP contribution in [0.5, 0.6) is 0 Å². The summed E-state index contributed by atoms with van der Waals surface area (Å²) >= 11 is 0. The number of nitrogen functional groups attached to an aromatic ring is 1. The molecule has 0 aliphatic carbocycles. The molecule has 5 heteroatoms. The zero-order chi connectivity index (χ0) is 11.3. The molecule has 1 rings (SSSR count). The molecule has 0 saturated heterocycles. The van der Waals surface area contributed by atoms with Crippen LogP contribution >= 0.6 is 0 Å². The minimum Gasteiger partial charge on any atom is -0.399 e. The van der Waals surface area contributed by atoms with E-state index < -0.39 is 9.84 Å². The normalized spacial score (nSPS) is 10.9. The first-order valence-electron chi connectivity index (χ1n) is 4.51. The number of rotatable bonds is 4. The van der Waals surface area contributed by atoms with Gasteiger partial charge in [0, 0.05) is 12.1 Å². The Labute approximate surface area is 89.2 Å². The summed E-state index contributed by atoms with van der Waals surface area (Å²) in [5.74, 6) is 0.00444. The van der Waals surface area contributed by atoms with Crippen LogP contribution in [0.25, 0.3) is 0 Å². The van der Waals surface area contributed by atoms with Gasteiger partial charge in [-0.25, -0.2) is 8.42 Å². The summed E-state index contributed by atoms with van der Waals surface area (Å²) in [4.78, 5) is 0.259. The van der Waals surface area contributed by atoms with E-state index in [2.05, 4.69) is 0 Å². The van der Waals surface area contributed by atoms with E-state index in [0.717, 1.165) is 0 Å². The largest absolute Gasteiger partial charge is 0.399 e. The Morgan fingerprint density at radius 1 is 1.27 bits per heavy atom. The van der Waals surface area contributed by atoms with Crippen LogP contribution in [0.2, 0.25) is 0 Å². The van der Waals surface area contributed by atoms with Crippen molar-refractivity contribution in [3.63, 3.8) is 0 Å². The fourth-order valence-electron chi connectivity index (χ4n) is 1.13. The molecule has 0 bridgehead atoms. The van der Waals surface area contributed by atoms with Gasteiger partial charge < -0.3 is 5.73 Å². The molecule has 0 spiro atoms. The summed E-state index contributed by atoms with van der Waals surface area (Å²) in [6.45, 7) is 0. The summed E-state index contributed by atoms with van der Waals surface area (Å²) < 4.78 is 23.3. The lowest BCUT2D eigenvalue weighted by Gasteiger charge is -2.02. The lowest BCUT2D eigenvalue weighted by atomic mass is 10.3. The van der Waals surface area contributed by atoms with Crippen molar-refractivity contribution < 1.29 is 8.42 Å². The summed E-state index contributed by atoms with van der Waals surface area (Å²) in [6.07, 6.45) is 0.622. The number of anilines is 1. The molecule has 0 aromatic heterocycles. The monoisotopic (exact) mass is 224 g/mol. The molecule has 0 aliphatic heterocycles. The second-order valence-electron chi connectivity index (χ2n) is 3.15. The van der Waals surface area contributed by atoms with Gasteiger partial charge in [0.15, 0.2) is 9.84 Å². The van der Waals surface area contributed by atoms with Crippen molar-refractivity contribution in [2.45, 2.75) is 17.7 Å². The van der Waals surface area contributed by atoms with Crippen LogP contribution in [-0.4, -0.2) is 14.2 Å². The molecule has 0 aliphatic rings. The van der Waals surface area contributed by atoms with Gasteiger partial charge in [0.2, 0.25) is 0 Å². The predicted octanol–water partition coefficient (Wildman–Crippen LogP) is 1.35. The number of unbranched alkanes of at least 4 members (excludes halogenated alkanes) is 1. The zero-order valence-electron chi connectivity index (χ0n) is 8.18. The van der Waals surface area contributed by atoms with Crippen LogP contribution in [0, 0.1) is 11.3 Å². The molecular weight excluding hydrogens is 212 g/mol. The number of nitrogens with zero attached hydrogens (tertiary/aromatic N) is 1. The first-order chi connectivity index (χ1) is 7.06. The Hall–Kier alpha value is -1.54. The maximum Gasteiger partial charge on any atom is 0.178 e. The standard InChI is InChI=1S/C10H12N2O2S/c11-7-1-2-8-15(13,14)10-5-3-9(12)4-6-10/h3-6H,1-2,8,12H2. The van der Waals surface area contributed by atoms with E-state index in [0.29, 0.717) is 12.1 Å². The number of benzene rings is 1. The molecule has 80 valence electrons. The molecule has 0 radical (unpaired) electrons. The number of hydrogen-bond acceptors (Lipinski definition) is 4. The summed E-state index contributed by atoms with van der Waals surface area (Å²) in [5.41, 5.74) is 5.99. The van der Waals surface area contributed by atoms with Crippen LogP contribution in [0.4, 0.5) is 5.69 Å². The highest BCUT2D eigenvalue weighted by atomic mass is 32.2. The van der Waals surface area contributed by atoms with Gasteiger partial charge in [-0.15, -0.1) is 0 Å². The molecule has 1 aromatic rings. The van der Waals surface area contributed by atoms with Gasteiger partial charge in [-0.05, 0) is 30.7 Å². The number of nitrogens with two attached hydrogens (primary N) is 1. The second kappa shape index (κ2) is 4.80. The maximum atomic E-state index is 11.7. The van der Waals surface area contributed by atoms with E-state index in [1.807, 2.05) is 6.07 Å². The van der Waals surface area contributed by atoms with Gasteiger partial charge in [-0.2, -0.15) is 5.26 Å². The molecule has 15 heavy (non-hydrogen) atoms. The summed E-state index contributed by atoms with van der Waals surface area (Å²) in [5, 5.41) is 8.31. The summed E-state index contributed by atoms with van der Waals surface area (Å²) in [6, 6.07) is 7.99. The molecule has 1 aromatic carbocycles. The highest BCUT2D eigenvalue weighted by Gasteiger charge is 2.13. The average Bonchev–Trinajstić information content (AvgIpc) is 2.18. The quantitative estimate of drug-likeness (QED) is 0.618. The van der Waals surface area contributed by atoms with Gasteiger partial charge in [0.1, 0.15) is 0 Å². The third kappa shape index (κ3) is 3.26. The van der Waals surface area contributed by atoms with Crippen LogP contribution < -0.4 is 5.73 Å². The van der Waals surface area contributed by atoms with E-state index >= 15 is 0 Å². The third-order valence-electron chi connectivity index (χ3n) is 1.94. The van der Waals surface area contributed by atoms with Crippen molar-refractivity contribution >= 4 is 15.5 Å². The van der Waals surface area contributed by atoms with E-state index in [-0.39, 0.29) is 17.1 Å². The van der Waals surface area contributed by atoms with Gasteiger partial charge in [0.05, 0.1) is 16.7 Å². The van der Waals surface area contributed by atoms with Crippen molar-refractivity contribution in [1.29, 1.82) is 5.26 Å². The van der Waals surface area contributed by atoms with Crippen molar-refractivity contribution in [1.82, 2.24) is 0 Å². The van der Waals surface area contributed by atoms with Gasteiger partial charge in [-0.1, -0.05) is 0 Å². The van der Waals surface area contributed by atoms with Crippen LogP contribution in [0.15, 0.2) is 29.2 Å². The fourth-order valence-corrected chi connectivity index (χ4v) is 2.45.